The summed E-state index contributed by atoms with van der Waals surface area (Å²) < 4.78 is 40.1. The van der Waals surface area contributed by atoms with E-state index >= 15 is 0 Å². The Labute approximate surface area is 151 Å². The van der Waals surface area contributed by atoms with Gasteiger partial charge in [0.2, 0.25) is 10.0 Å². The predicted molar refractivity (Wildman–Crippen MR) is 91.0 cm³/mol. The number of nitrogens with one attached hydrogen (secondary N) is 1. The van der Waals surface area contributed by atoms with Crippen molar-refractivity contribution >= 4 is 21.6 Å². The summed E-state index contributed by atoms with van der Waals surface area (Å²) in [6.07, 6.45) is 1.42. The van der Waals surface area contributed by atoms with Crippen LogP contribution in [0.5, 0.6) is 5.75 Å². The van der Waals surface area contributed by atoms with Crippen LogP contribution in [-0.2, 0) is 27.9 Å². The van der Waals surface area contributed by atoms with E-state index in [1.54, 1.807) is 17.9 Å². The van der Waals surface area contributed by atoms with Crippen LogP contribution in [0.1, 0.15) is 30.5 Å². The lowest BCUT2D eigenvalue weighted by atomic mass is 10.1. The van der Waals surface area contributed by atoms with Crippen molar-refractivity contribution in [2.24, 2.45) is 0 Å². The average molecular weight is 387 g/mol. The minimum Gasteiger partial charge on any atom is -0.497 e. The van der Waals surface area contributed by atoms with Crippen LogP contribution in [0.3, 0.4) is 0 Å². The Bertz CT molecular complexity index is 868. The van der Waals surface area contributed by atoms with E-state index < -0.39 is 16.1 Å². The van der Waals surface area contributed by atoms with E-state index in [-0.39, 0.29) is 16.5 Å². The fraction of sp³-hybridized carbons (Fsp3) is 0.467. The lowest BCUT2D eigenvalue weighted by molar-refractivity contribution is 0.177. The minimum atomic E-state index is -3.84. The minimum absolute atomic E-state index is 0.0257. The summed E-state index contributed by atoms with van der Waals surface area (Å²) in [5, 5.41) is 4.47. The molecule has 1 N–H and O–H groups in total. The molecule has 1 aromatic carbocycles. The monoisotopic (exact) mass is 386 g/mol. The first-order valence-corrected chi connectivity index (χ1v) is 9.59. The zero-order chi connectivity index (χ0) is 18.0. The molecule has 0 fully saturated rings. The van der Waals surface area contributed by atoms with Crippen molar-refractivity contribution in [3.63, 3.8) is 0 Å². The molecule has 10 heteroatoms. The number of aryl methyl sites for hydroxylation is 1. The zero-order valence-corrected chi connectivity index (χ0v) is 15.5. The van der Waals surface area contributed by atoms with Crippen molar-refractivity contribution in [3.05, 3.63) is 34.9 Å². The Morgan fingerprint density at radius 2 is 2.20 bits per heavy atom. The van der Waals surface area contributed by atoms with E-state index in [0.717, 1.165) is 6.42 Å². The van der Waals surface area contributed by atoms with Gasteiger partial charge in [0.25, 0.3) is 0 Å². The third-order valence-electron chi connectivity index (χ3n) is 3.92. The number of ether oxygens (including phenoxy) is 2. The molecule has 1 unspecified atom stereocenters. The van der Waals surface area contributed by atoms with Crippen LogP contribution in [-0.4, -0.2) is 37.4 Å². The third kappa shape index (κ3) is 3.79. The van der Waals surface area contributed by atoms with E-state index in [4.69, 9.17) is 21.1 Å². The molecule has 0 bridgehead atoms. The molecule has 1 aliphatic rings. The lowest BCUT2D eigenvalue weighted by Crippen LogP contribution is -2.33. The summed E-state index contributed by atoms with van der Waals surface area (Å²) in [4.78, 5) is 4.37. The van der Waals surface area contributed by atoms with Crippen LogP contribution in [0.2, 0.25) is 5.02 Å². The molecular weight excluding hydrogens is 368 g/mol. The van der Waals surface area contributed by atoms with Crippen molar-refractivity contribution in [1.29, 1.82) is 0 Å². The van der Waals surface area contributed by atoms with Crippen molar-refractivity contribution in [3.8, 4) is 5.75 Å². The molecule has 0 saturated carbocycles. The number of fused-ring (bicyclic) bond motifs is 1. The van der Waals surface area contributed by atoms with Crippen LogP contribution < -0.4 is 9.46 Å². The standard InChI is InChI=1S/C15H19ClN4O4S/c1-23-9-14-17-15-12(4-3-7-20(15)18-14)19-25(21,22)13-8-10(24-2)5-6-11(13)16/h5-6,8,12,19H,3-4,7,9H2,1-2H3. The van der Waals surface area contributed by atoms with Gasteiger partial charge in [-0.15, -0.1) is 0 Å². The Balaban J connectivity index is 1.90. The van der Waals surface area contributed by atoms with Gasteiger partial charge in [-0.05, 0) is 25.0 Å². The summed E-state index contributed by atoms with van der Waals surface area (Å²) >= 11 is 6.08. The smallest absolute Gasteiger partial charge is 0.242 e. The number of benzene rings is 1. The average Bonchev–Trinajstić information content (AvgIpc) is 2.99. The maximum atomic E-state index is 12.8. The first-order valence-electron chi connectivity index (χ1n) is 7.73. The number of hydrogen-bond acceptors (Lipinski definition) is 6. The highest BCUT2D eigenvalue weighted by Crippen LogP contribution is 2.30. The number of hydrogen-bond donors (Lipinski definition) is 1. The van der Waals surface area contributed by atoms with Gasteiger partial charge >= 0.3 is 0 Å². The van der Waals surface area contributed by atoms with Gasteiger partial charge in [-0.25, -0.2) is 22.8 Å². The molecule has 0 spiro atoms. The molecule has 1 atom stereocenters. The highest BCUT2D eigenvalue weighted by Gasteiger charge is 2.30. The quantitative estimate of drug-likeness (QED) is 0.814. The van der Waals surface area contributed by atoms with Crippen molar-refractivity contribution < 1.29 is 17.9 Å². The molecule has 1 aliphatic heterocycles. The number of halogens is 1. The molecule has 1 aromatic heterocycles. The molecule has 136 valence electrons. The summed E-state index contributed by atoms with van der Waals surface area (Å²) in [5.41, 5.74) is 0. The Kier molecular flexibility index (Phi) is 5.28. The molecule has 25 heavy (non-hydrogen) atoms. The van der Waals surface area contributed by atoms with E-state index in [1.165, 1.54) is 19.2 Å². The highest BCUT2D eigenvalue weighted by atomic mass is 35.5. The van der Waals surface area contributed by atoms with E-state index in [9.17, 15) is 8.42 Å². The highest BCUT2D eigenvalue weighted by molar-refractivity contribution is 7.89. The SMILES string of the molecule is COCc1nc2n(n1)CCCC2NS(=O)(=O)c1cc(OC)ccc1Cl. The second-order valence-corrected chi connectivity index (χ2v) is 7.74. The topological polar surface area (TPSA) is 95.3 Å². The Hall–Kier alpha value is -1.68. The van der Waals surface area contributed by atoms with Gasteiger partial charge in [0.15, 0.2) is 5.82 Å². The molecule has 8 nitrogen and oxygen atoms in total. The number of nitrogens with zero attached hydrogens (tertiary/aromatic N) is 3. The van der Waals surface area contributed by atoms with Gasteiger partial charge in [-0.2, -0.15) is 5.10 Å². The molecule has 3 rings (SSSR count). The van der Waals surface area contributed by atoms with Crippen molar-refractivity contribution in [1.82, 2.24) is 19.5 Å². The fourth-order valence-electron chi connectivity index (χ4n) is 2.77. The maximum Gasteiger partial charge on any atom is 0.242 e. The van der Waals surface area contributed by atoms with E-state index in [2.05, 4.69) is 14.8 Å². The Morgan fingerprint density at radius 1 is 1.40 bits per heavy atom. The van der Waals surface area contributed by atoms with Gasteiger partial charge in [0.05, 0.1) is 18.2 Å². The van der Waals surface area contributed by atoms with Crippen LogP contribution in [0.25, 0.3) is 0 Å². The fourth-order valence-corrected chi connectivity index (χ4v) is 4.51. The number of rotatable bonds is 6. The molecule has 0 amide bonds. The van der Waals surface area contributed by atoms with Crippen molar-refractivity contribution in [2.45, 2.75) is 36.9 Å². The third-order valence-corrected chi connectivity index (χ3v) is 5.87. The van der Waals surface area contributed by atoms with Crippen LogP contribution >= 0.6 is 11.6 Å². The largest absolute Gasteiger partial charge is 0.497 e. The van der Waals surface area contributed by atoms with Gasteiger partial charge in [-0.3, -0.25) is 0 Å². The van der Waals surface area contributed by atoms with Crippen molar-refractivity contribution in [2.75, 3.05) is 14.2 Å². The van der Waals surface area contributed by atoms with Gasteiger partial charge in [0.1, 0.15) is 23.1 Å². The normalized spacial score (nSPS) is 17.3. The number of aromatic nitrogens is 3. The Morgan fingerprint density at radius 3 is 2.92 bits per heavy atom. The molecule has 0 aliphatic carbocycles. The number of methoxy groups -OCH3 is 2. The lowest BCUT2D eigenvalue weighted by Gasteiger charge is -2.23. The summed E-state index contributed by atoms with van der Waals surface area (Å²) in [6, 6.07) is 4.03. The second-order valence-electron chi connectivity index (χ2n) is 5.65. The van der Waals surface area contributed by atoms with E-state index in [1.807, 2.05) is 0 Å². The second kappa shape index (κ2) is 7.28. The van der Waals surface area contributed by atoms with Crippen LogP contribution in [0, 0.1) is 0 Å². The van der Waals surface area contributed by atoms with Gasteiger partial charge in [0, 0.05) is 19.7 Å². The molecule has 0 radical (unpaired) electrons. The van der Waals surface area contributed by atoms with E-state index in [0.29, 0.717) is 30.4 Å². The molecule has 0 saturated heterocycles. The first kappa shape index (κ1) is 18.1. The summed E-state index contributed by atoms with van der Waals surface area (Å²) in [6.45, 7) is 0.978. The predicted octanol–water partition coefficient (Wildman–Crippen LogP) is 1.90. The summed E-state index contributed by atoms with van der Waals surface area (Å²) in [5.74, 6) is 1.53. The van der Waals surface area contributed by atoms with Gasteiger partial charge in [-0.1, -0.05) is 11.6 Å². The molecular formula is C15H19ClN4O4S. The number of sulfonamides is 1. The van der Waals surface area contributed by atoms with Crippen LogP contribution in [0.15, 0.2) is 23.1 Å². The van der Waals surface area contributed by atoms with Crippen LogP contribution in [0.4, 0.5) is 0 Å². The molecule has 2 heterocycles. The summed E-state index contributed by atoms with van der Waals surface area (Å²) in [7, 11) is -0.816. The maximum absolute atomic E-state index is 12.8. The molecule has 2 aromatic rings. The zero-order valence-electron chi connectivity index (χ0n) is 13.9. The first-order chi connectivity index (χ1) is 11.9. The van der Waals surface area contributed by atoms with Gasteiger partial charge < -0.3 is 9.47 Å².